The van der Waals surface area contributed by atoms with E-state index in [2.05, 4.69) is 23.2 Å². The fraction of sp³-hybridized carbons (Fsp3) is 0.533. The van der Waals surface area contributed by atoms with E-state index in [0.717, 1.165) is 15.3 Å². The molecule has 10 heteroatoms. The summed E-state index contributed by atoms with van der Waals surface area (Å²) in [6.45, 7) is 12.7. The van der Waals surface area contributed by atoms with E-state index in [1.165, 1.54) is 17.1 Å². The highest BCUT2D eigenvalue weighted by molar-refractivity contribution is 7.89. The van der Waals surface area contributed by atoms with Crippen LogP contribution in [0.4, 0.5) is 4.79 Å². The molecule has 0 saturated carbocycles. The lowest BCUT2D eigenvalue weighted by molar-refractivity contribution is 0.120. The third-order valence-electron chi connectivity index (χ3n) is 3.26. The van der Waals surface area contributed by atoms with Crippen molar-refractivity contribution in [1.29, 1.82) is 0 Å². The smallest absolute Gasteiger partial charge is 0.346 e. The molecule has 0 radical (unpaired) electrons. The molecule has 140 valence electrons. The maximum atomic E-state index is 12.5. The lowest BCUT2D eigenvalue weighted by Gasteiger charge is -2.19. The van der Waals surface area contributed by atoms with E-state index in [1.54, 1.807) is 0 Å². The second-order valence-corrected chi connectivity index (χ2v) is 6.76. The first-order chi connectivity index (χ1) is 11.9. The Morgan fingerprint density at radius 1 is 1.32 bits per heavy atom. The number of hydrogen-bond donors (Lipinski definition) is 0. The van der Waals surface area contributed by atoms with Gasteiger partial charge >= 0.3 is 6.03 Å². The standard InChI is InChI=1S/C15H25N5O4S/c1-5-9-19(10-6-2)25(22,23)14-16-13-20(17-14)15(21)18(7-3)11-12-24-8-4/h5-6,13H,1-2,7-12H2,3-4H3. The van der Waals surface area contributed by atoms with E-state index in [9.17, 15) is 13.2 Å². The fourth-order valence-electron chi connectivity index (χ4n) is 1.99. The highest BCUT2D eigenvalue weighted by Gasteiger charge is 2.28. The number of nitrogens with zero attached hydrogens (tertiary/aromatic N) is 5. The van der Waals surface area contributed by atoms with Gasteiger partial charge in [0.15, 0.2) is 0 Å². The molecule has 1 amide bonds. The normalized spacial score (nSPS) is 11.5. The summed E-state index contributed by atoms with van der Waals surface area (Å²) in [5, 5.41) is 3.40. The average molecular weight is 371 g/mol. The second-order valence-electron chi connectivity index (χ2n) is 4.93. The third kappa shape index (κ3) is 5.48. The van der Waals surface area contributed by atoms with Crippen LogP contribution in [-0.4, -0.2) is 77.8 Å². The maximum Gasteiger partial charge on any atom is 0.346 e. The molecule has 25 heavy (non-hydrogen) atoms. The average Bonchev–Trinajstić information content (AvgIpc) is 3.09. The van der Waals surface area contributed by atoms with Crippen molar-refractivity contribution in [2.24, 2.45) is 0 Å². The number of aromatic nitrogens is 3. The predicted octanol–water partition coefficient (Wildman–Crippen LogP) is 0.967. The minimum absolute atomic E-state index is 0.0896. The molecule has 0 bridgehead atoms. The van der Waals surface area contributed by atoms with E-state index >= 15 is 0 Å². The van der Waals surface area contributed by atoms with Crippen molar-refractivity contribution < 1.29 is 17.9 Å². The van der Waals surface area contributed by atoms with Crippen LogP contribution in [-0.2, 0) is 14.8 Å². The van der Waals surface area contributed by atoms with E-state index in [4.69, 9.17) is 4.74 Å². The molecule has 0 atom stereocenters. The second kappa shape index (κ2) is 10.1. The highest BCUT2D eigenvalue weighted by atomic mass is 32.2. The van der Waals surface area contributed by atoms with Gasteiger partial charge in [0.1, 0.15) is 6.33 Å². The minimum atomic E-state index is -3.94. The zero-order chi connectivity index (χ0) is 18.9. The fourth-order valence-corrected chi connectivity index (χ4v) is 3.19. The van der Waals surface area contributed by atoms with Gasteiger partial charge in [-0.3, -0.25) is 0 Å². The zero-order valence-electron chi connectivity index (χ0n) is 14.7. The number of rotatable bonds is 11. The molecule has 0 aromatic carbocycles. The monoisotopic (exact) mass is 371 g/mol. The molecule has 0 spiro atoms. The molecule has 1 rings (SSSR count). The van der Waals surface area contributed by atoms with Crippen LogP contribution in [0.3, 0.4) is 0 Å². The number of hydrogen-bond acceptors (Lipinski definition) is 6. The molecule has 0 saturated heterocycles. The Kier molecular flexibility index (Phi) is 8.46. The number of likely N-dealkylation sites (N-methyl/N-ethyl adjacent to an activating group) is 1. The van der Waals surface area contributed by atoms with Gasteiger partial charge in [0.2, 0.25) is 0 Å². The number of amides is 1. The van der Waals surface area contributed by atoms with E-state index < -0.39 is 21.2 Å². The van der Waals surface area contributed by atoms with Crippen molar-refractivity contribution in [2.75, 3.05) is 39.4 Å². The molecule has 1 aromatic heterocycles. The van der Waals surface area contributed by atoms with Crippen LogP contribution < -0.4 is 0 Å². The summed E-state index contributed by atoms with van der Waals surface area (Å²) in [5.41, 5.74) is 0. The number of carbonyl (C=O) groups is 1. The van der Waals surface area contributed by atoms with Crippen molar-refractivity contribution in [3.8, 4) is 0 Å². The van der Waals surface area contributed by atoms with Crippen molar-refractivity contribution >= 4 is 16.1 Å². The van der Waals surface area contributed by atoms with Gasteiger partial charge < -0.3 is 9.64 Å². The molecule has 9 nitrogen and oxygen atoms in total. The van der Waals surface area contributed by atoms with Crippen LogP contribution in [0.1, 0.15) is 13.8 Å². The lowest BCUT2D eigenvalue weighted by Crippen LogP contribution is -2.37. The molecule has 0 N–H and O–H groups in total. The number of sulfonamides is 1. The van der Waals surface area contributed by atoms with Crippen molar-refractivity contribution in [2.45, 2.75) is 19.0 Å². The summed E-state index contributed by atoms with van der Waals surface area (Å²) in [4.78, 5) is 17.7. The Balaban J connectivity index is 2.97. The van der Waals surface area contributed by atoms with Crippen LogP contribution in [0.2, 0.25) is 0 Å². The molecule has 0 aliphatic carbocycles. The Morgan fingerprint density at radius 3 is 2.48 bits per heavy atom. The third-order valence-corrected chi connectivity index (χ3v) is 4.89. The summed E-state index contributed by atoms with van der Waals surface area (Å²) in [6, 6.07) is -0.463. The van der Waals surface area contributed by atoms with Gasteiger partial charge in [0.05, 0.1) is 6.61 Å². The van der Waals surface area contributed by atoms with Crippen LogP contribution in [0.15, 0.2) is 36.8 Å². The Hall–Kier alpha value is -2.04. The molecule has 0 fully saturated rings. The van der Waals surface area contributed by atoms with Gasteiger partial charge in [-0.25, -0.2) is 18.2 Å². The van der Waals surface area contributed by atoms with E-state index in [-0.39, 0.29) is 13.1 Å². The molecule has 1 heterocycles. The van der Waals surface area contributed by atoms with Crippen LogP contribution in [0.25, 0.3) is 0 Å². The van der Waals surface area contributed by atoms with Crippen molar-refractivity contribution in [3.63, 3.8) is 0 Å². The van der Waals surface area contributed by atoms with Gasteiger partial charge in [0.25, 0.3) is 15.2 Å². The summed E-state index contributed by atoms with van der Waals surface area (Å²) in [7, 11) is -3.94. The van der Waals surface area contributed by atoms with E-state index in [1.807, 2.05) is 13.8 Å². The summed E-state index contributed by atoms with van der Waals surface area (Å²) in [5.74, 6) is 0. The van der Waals surface area contributed by atoms with Crippen molar-refractivity contribution in [3.05, 3.63) is 31.6 Å². The SMILES string of the molecule is C=CCN(CC=C)S(=O)(=O)c1ncn(C(=O)N(CC)CCOCC)n1. The topological polar surface area (TPSA) is 97.6 Å². The van der Waals surface area contributed by atoms with Gasteiger partial charge in [-0.15, -0.1) is 18.3 Å². The first-order valence-corrected chi connectivity index (χ1v) is 9.36. The van der Waals surface area contributed by atoms with E-state index in [0.29, 0.717) is 26.3 Å². The quantitative estimate of drug-likeness (QED) is 0.425. The minimum Gasteiger partial charge on any atom is -0.380 e. The summed E-state index contributed by atoms with van der Waals surface area (Å²) >= 11 is 0. The van der Waals surface area contributed by atoms with Gasteiger partial charge in [-0.2, -0.15) is 8.99 Å². The molecule has 0 aliphatic heterocycles. The van der Waals surface area contributed by atoms with Gasteiger partial charge in [0, 0.05) is 32.8 Å². The first-order valence-electron chi connectivity index (χ1n) is 7.92. The lowest BCUT2D eigenvalue weighted by atomic mass is 10.5. The first kappa shape index (κ1) is 21.0. The molecular weight excluding hydrogens is 346 g/mol. The maximum absolute atomic E-state index is 12.5. The zero-order valence-corrected chi connectivity index (χ0v) is 15.5. The summed E-state index contributed by atoms with van der Waals surface area (Å²) in [6.07, 6.45) is 4.00. The van der Waals surface area contributed by atoms with Gasteiger partial charge in [-0.05, 0) is 13.8 Å². The highest BCUT2D eigenvalue weighted by Crippen LogP contribution is 2.11. The number of carbonyl (C=O) groups excluding carboxylic acids is 1. The Morgan fingerprint density at radius 2 is 1.96 bits per heavy atom. The van der Waals surface area contributed by atoms with Crippen molar-refractivity contribution in [1.82, 2.24) is 24.0 Å². The van der Waals surface area contributed by atoms with Crippen LogP contribution >= 0.6 is 0 Å². The summed E-state index contributed by atoms with van der Waals surface area (Å²) < 4.78 is 32.4. The van der Waals surface area contributed by atoms with Crippen LogP contribution in [0, 0.1) is 0 Å². The van der Waals surface area contributed by atoms with Gasteiger partial charge in [-0.1, -0.05) is 12.2 Å². The molecule has 0 unspecified atom stereocenters. The Labute approximate surface area is 148 Å². The molecular formula is C15H25N5O4S. The Bertz CT molecular complexity index is 676. The largest absolute Gasteiger partial charge is 0.380 e. The van der Waals surface area contributed by atoms with Crippen LogP contribution in [0.5, 0.6) is 0 Å². The molecule has 0 aliphatic rings. The number of ether oxygens (including phenoxy) is 1. The predicted molar refractivity (Wildman–Crippen MR) is 93.7 cm³/mol. The molecule has 1 aromatic rings.